The van der Waals surface area contributed by atoms with Crippen LogP contribution in [0.2, 0.25) is 5.15 Å². The maximum Gasteiger partial charge on any atom is 0.257 e. The molecular weight excluding hydrogens is 362 g/mol. The number of benzene rings is 1. The average Bonchev–Trinajstić information content (AvgIpc) is 2.66. The molecule has 3 rings (SSSR count). The minimum absolute atomic E-state index is 0.00950. The van der Waals surface area contributed by atoms with E-state index in [0.717, 1.165) is 23.2 Å². The van der Waals surface area contributed by atoms with E-state index in [9.17, 15) is 4.79 Å². The summed E-state index contributed by atoms with van der Waals surface area (Å²) in [5.74, 6) is 0.416. The highest BCUT2D eigenvalue weighted by Crippen LogP contribution is 2.24. The number of pyridine rings is 1. The summed E-state index contributed by atoms with van der Waals surface area (Å²) in [6, 6.07) is 9.53. The lowest BCUT2D eigenvalue weighted by molar-refractivity contribution is 0.102. The maximum atomic E-state index is 12.4. The van der Waals surface area contributed by atoms with Gasteiger partial charge in [-0.15, -0.1) is 0 Å². The molecule has 0 saturated carbocycles. The molecule has 0 aliphatic rings. The molecule has 1 aromatic carbocycles. The third-order valence-corrected chi connectivity index (χ3v) is 4.20. The van der Waals surface area contributed by atoms with E-state index >= 15 is 0 Å². The quantitative estimate of drug-likeness (QED) is 0.649. The van der Waals surface area contributed by atoms with Gasteiger partial charge in [-0.1, -0.05) is 30.7 Å². The molecule has 1 atom stereocenters. The third-order valence-electron chi connectivity index (χ3n) is 4.02. The molecule has 0 fully saturated rings. The highest BCUT2D eigenvalue weighted by molar-refractivity contribution is 6.29. The summed E-state index contributed by atoms with van der Waals surface area (Å²) < 4.78 is 0. The van der Waals surface area contributed by atoms with Crippen molar-refractivity contribution in [1.82, 2.24) is 15.0 Å². The molecule has 138 valence electrons. The maximum absolute atomic E-state index is 12.4. The molecule has 0 aliphatic heterocycles. The first-order chi connectivity index (χ1) is 13.0. The minimum Gasteiger partial charge on any atom is -0.362 e. The second kappa shape index (κ2) is 8.60. The van der Waals surface area contributed by atoms with Gasteiger partial charge < -0.3 is 10.6 Å². The molecule has 27 heavy (non-hydrogen) atoms. The van der Waals surface area contributed by atoms with Crippen molar-refractivity contribution in [2.24, 2.45) is 0 Å². The smallest absolute Gasteiger partial charge is 0.257 e. The van der Waals surface area contributed by atoms with Gasteiger partial charge in [0.15, 0.2) is 0 Å². The largest absolute Gasteiger partial charge is 0.362 e. The van der Waals surface area contributed by atoms with Crippen LogP contribution < -0.4 is 10.6 Å². The summed E-state index contributed by atoms with van der Waals surface area (Å²) in [5, 5.41) is 6.58. The molecule has 1 amide bonds. The number of nitrogens with zero attached hydrogens (tertiary/aromatic N) is 3. The second-order valence-electron chi connectivity index (χ2n) is 6.16. The van der Waals surface area contributed by atoms with Crippen LogP contribution in [-0.4, -0.2) is 20.9 Å². The van der Waals surface area contributed by atoms with Gasteiger partial charge in [0.2, 0.25) is 0 Å². The Morgan fingerprint density at radius 2 is 1.96 bits per heavy atom. The first-order valence-corrected chi connectivity index (χ1v) is 9.00. The summed E-state index contributed by atoms with van der Waals surface area (Å²) in [7, 11) is 0. The van der Waals surface area contributed by atoms with Crippen molar-refractivity contribution in [1.29, 1.82) is 0 Å². The van der Waals surface area contributed by atoms with Crippen LogP contribution in [0.4, 0.5) is 11.5 Å². The van der Waals surface area contributed by atoms with Gasteiger partial charge in [0, 0.05) is 18.1 Å². The van der Waals surface area contributed by atoms with Gasteiger partial charge in [-0.2, -0.15) is 0 Å². The molecule has 7 heteroatoms. The number of hydrogen-bond acceptors (Lipinski definition) is 5. The molecule has 0 radical (unpaired) electrons. The number of nitrogens with one attached hydrogen (secondary N) is 2. The van der Waals surface area contributed by atoms with E-state index in [1.54, 1.807) is 24.7 Å². The van der Waals surface area contributed by atoms with Crippen molar-refractivity contribution in [3.63, 3.8) is 0 Å². The molecule has 0 bridgehead atoms. The summed E-state index contributed by atoms with van der Waals surface area (Å²) in [5.41, 5.74) is 3.21. The van der Waals surface area contributed by atoms with Crippen molar-refractivity contribution in [2.75, 3.05) is 10.6 Å². The zero-order chi connectivity index (χ0) is 19.2. The van der Waals surface area contributed by atoms with Gasteiger partial charge >= 0.3 is 0 Å². The van der Waals surface area contributed by atoms with Gasteiger partial charge in [0.1, 0.15) is 11.0 Å². The van der Waals surface area contributed by atoms with Crippen LogP contribution >= 0.6 is 11.6 Å². The molecule has 0 saturated heterocycles. The summed E-state index contributed by atoms with van der Waals surface area (Å²) >= 11 is 5.90. The lowest BCUT2D eigenvalue weighted by atomic mass is 10.0. The standard InChI is InChI=1S/C20H20ClN5O/c1-3-17(25-19-12-23-11-18(21)26-19)14-5-4-6-16(8-14)24-20(27)15-7-13(2)9-22-10-15/h4-12,17H,3H2,1-2H3,(H,24,27)(H,25,26). The van der Waals surface area contributed by atoms with Crippen LogP contribution in [0.5, 0.6) is 0 Å². The molecule has 6 nitrogen and oxygen atoms in total. The molecule has 0 aliphatic carbocycles. The number of hydrogen-bond donors (Lipinski definition) is 2. The van der Waals surface area contributed by atoms with E-state index in [-0.39, 0.29) is 11.9 Å². The third kappa shape index (κ3) is 5.01. The van der Waals surface area contributed by atoms with Crippen molar-refractivity contribution < 1.29 is 4.79 Å². The number of aromatic nitrogens is 3. The summed E-state index contributed by atoms with van der Waals surface area (Å²) in [6.45, 7) is 3.97. The Morgan fingerprint density at radius 1 is 1.15 bits per heavy atom. The lowest BCUT2D eigenvalue weighted by Crippen LogP contribution is -2.14. The summed E-state index contributed by atoms with van der Waals surface area (Å²) in [6.07, 6.45) is 7.22. The fraction of sp³-hybridized carbons (Fsp3) is 0.200. The van der Waals surface area contributed by atoms with Crippen LogP contribution in [0, 0.1) is 6.92 Å². The van der Waals surface area contributed by atoms with Gasteiger partial charge in [0.25, 0.3) is 5.91 Å². The number of aryl methyl sites for hydroxylation is 1. The fourth-order valence-electron chi connectivity index (χ4n) is 2.73. The Balaban J connectivity index is 1.76. The van der Waals surface area contributed by atoms with E-state index in [0.29, 0.717) is 16.5 Å². The van der Waals surface area contributed by atoms with Crippen LogP contribution in [-0.2, 0) is 0 Å². The zero-order valence-electron chi connectivity index (χ0n) is 15.1. The SMILES string of the molecule is CCC(Nc1cncc(Cl)n1)c1cccc(NC(=O)c2cncc(C)c2)c1. The number of anilines is 2. The molecule has 2 N–H and O–H groups in total. The van der Waals surface area contributed by atoms with E-state index in [2.05, 4.69) is 32.5 Å². The normalized spacial score (nSPS) is 11.7. The Hall–Kier alpha value is -2.99. The van der Waals surface area contributed by atoms with Gasteiger partial charge in [-0.05, 0) is 42.7 Å². The Kier molecular flexibility index (Phi) is 5.98. The number of carbonyl (C=O) groups is 1. The van der Waals surface area contributed by atoms with Crippen LogP contribution in [0.1, 0.15) is 40.9 Å². The Morgan fingerprint density at radius 3 is 2.70 bits per heavy atom. The van der Waals surface area contributed by atoms with Gasteiger partial charge in [-0.3, -0.25) is 14.8 Å². The van der Waals surface area contributed by atoms with Crippen molar-refractivity contribution in [3.05, 3.63) is 77.0 Å². The molecule has 3 aromatic rings. The Labute approximate surface area is 163 Å². The van der Waals surface area contributed by atoms with Crippen molar-refractivity contribution >= 4 is 29.0 Å². The average molecular weight is 382 g/mol. The second-order valence-corrected chi connectivity index (χ2v) is 6.55. The summed E-state index contributed by atoms with van der Waals surface area (Å²) in [4.78, 5) is 24.8. The number of carbonyl (C=O) groups excluding carboxylic acids is 1. The van der Waals surface area contributed by atoms with Gasteiger partial charge in [-0.25, -0.2) is 4.98 Å². The lowest BCUT2D eigenvalue weighted by Gasteiger charge is -2.19. The van der Waals surface area contributed by atoms with E-state index in [4.69, 9.17) is 11.6 Å². The van der Waals surface area contributed by atoms with Crippen LogP contribution in [0.15, 0.2) is 55.1 Å². The molecule has 0 spiro atoms. The molecule has 1 unspecified atom stereocenters. The number of halogens is 1. The predicted octanol–water partition coefficient (Wildman–Crippen LogP) is 4.65. The number of rotatable bonds is 6. The first kappa shape index (κ1) is 18.8. The fourth-order valence-corrected chi connectivity index (χ4v) is 2.87. The number of amides is 1. The van der Waals surface area contributed by atoms with E-state index in [1.807, 2.05) is 31.2 Å². The predicted molar refractivity (Wildman–Crippen MR) is 107 cm³/mol. The molecule has 2 heterocycles. The Bertz CT molecular complexity index is 947. The van der Waals surface area contributed by atoms with Crippen molar-refractivity contribution in [2.45, 2.75) is 26.3 Å². The van der Waals surface area contributed by atoms with Crippen molar-refractivity contribution in [3.8, 4) is 0 Å². The highest BCUT2D eigenvalue weighted by Gasteiger charge is 2.12. The van der Waals surface area contributed by atoms with Gasteiger partial charge in [0.05, 0.1) is 24.0 Å². The van der Waals surface area contributed by atoms with E-state index in [1.165, 1.54) is 6.20 Å². The monoisotopic (exact) mass is 381 g/mol. The van der Waals surface area contributed by atoms with Crippen LogP contribution in [0.3, 0.4) is 0 Å². The molecule has 2 aromatic heterocycles. The topological polar surface area (TPSA) is 79.8 Å². The minimum atomic E-state index is -0.190. The highest BCUT2D eigenvalue weighted by atomic mass is 35.5. The zero-order valence-corrected chi connectivity index (χ0v) is 15.9. The van der Waals surface area contributed by atoms with E-state index < -0.39 is 0 Å². The molecular formula is C20H20ClN5O. The van der Waals surface area contributed by atoms with Crippen LogP contribution in [0.25, 0.3) is 0 Å². The first-order valence-electron chi connectivity index (χ1n) is 8.62.